The van der Waals surface area contributed by atoms with Crippen molar-refractivity contribution in [1.29, 1.82) is 0 Å². The predicted molar refractivity (Wildman–Crippen MR) is 138 cm³/mol. The zero-order chi connectivity index (χ0) is 27.0. The number of esters is 1. The predicted octanol–water partition coefficient (Wildman–Crippen LogP) is 3.73. The number of para-hydroxylation sites is 1. The fourth-order valence-corrected chi connectivity index (χ4v) is 4.91. The van der Waals surface area contributed by atoms with Gasteiger partial charge in [-0.3, -0.25) is 18.6 Å². The van der Waals surface area contributed by atoms with Crippen LogP contribution in [0, 0.1) is 12.3 Å². The number of carbonyl (C=O) groups is 2. The zero-order valence-corrected chi connectivity index (χ0v) is 22.5. The smallest absolute Gasteiger partial charge is 0.340 e. The van der Waals surface area contributed by atoms with E-state index in [1.54, 1.807) is 63.7 Å². The van der Waals surface area contributed by atoms with Crippen LogP contribution in [-0.2, 0) is 26.6 Å². The molecule has 0 fully saturated rings. The van der Waals surface area contributed by atoms with Crippen LogP contribution in [0.5, 0.6) is 0 Å². The highest BCUT2D eigenvalue weighted by atomic mass is 35.5. The van der Waals surface area contributed by atoms with Gasteiger partial charge in [-0.25, -0.2) is 17.9 Å². The summed E-state index contributed by atoms with van der Waals surface area (Å²) in [6.45, 7) is 6.24. The number of rotatable bonds is 7. The van der Waals surface area contributed by atoms with Gasteiger partial charge in [-0.2, -0.15) is 0 Å². The normalized spacial score (nSPS) is 11.9. The third-order valence-corrected chi connectivity index (χ3v) is 7.91. The number of nitrogens with zero attached hydrogens (tertiary/aromatic N) is 3. The maximum Gasteiger partial charge on any atom is 0.340 e. The zero-order valence-electron chi connectivity index (χ0n) is 20.9. The number of anilines is 1. The van der Waals surface area contributed by atoms with Crippen molar-refractivity contribution in [1.82, 2.24) is 9.36 Å². The Hall–Kier alpha value is -3.37. The highest BCUT2D eigenvalue weighted by Gasteiger charge is 2.30. The van der Waals surface area contributed by atoms with Crippen LogP contribution in [0.1, 0.15) is 36.8 Å². The fraction of sp³-hybridized carbons (Fsp3) is 0.320. The second kappa shape index (κ2) is 9.94. The molecule has 2 aromatic carbocycles. The summed E-state index contributed by atoms with van der Waals surface area (Å²) in [4.78, 5) is 37.7. The molecule has 36 heavy (non-hydrogen) atoms. The van der Waals surface area contributed by atoms with E-state index in [2.05, 4.69) is 0 Å². The fourth-order valence-electron chi connectivity index (χ4n) is 3.44. The van der Waals surface area contributed by atoms with Crippen molar-refractivity contribution >= 4 is 39.1 Å². The number of aromatic nitrogens is 2. The van der Waals surface area contributed by atoms with E-state index in [1.807, 2.05) is 6.07 Å². The van der Waals surface area contributed by atoms with E-state index in [9.17, 15) is 22.8 Å². The SMILES string of the molecule is Cc1c(N(C)S(=O)(=O)c2ccc(Cl)c(C(=O)OCC(=O)C(C)(C)C)c2)c(=O)n(-c2ccccc2)n1C. The molecule has 3 rings (SSSR count). The second-order valence-corrected chi connectivity index (χ2v) is 11.7. The Morgan fingerprint density at radius 1 is 1.08 bits per heavy atom. The van der Waals surface area contributed by atoms with Gasteiger partial charge in [0.1, 0.15) is 5.69 Å². The maximum absolute atomic E-state index is 13.5. The van der Waals surface area contributed by atoms with Crippen molar-refractivity contribution in [3.8, 4) is 5.69 Å². The standard InChI is InChI=1S/C25H28ClN3O6S/c1-16-22(23(31)29(27(16)5)17-10-8-7-9-11-17)28(6)36(33,34)18-12-13-20(26)19(14-18)24(32)35-15-21(30)25(2,3)4/h7-14H,15H2,1-6H3. The first-order valence-corrected chi connectivity index (χ1v) is 12.8. The van der Waals surface area contributed by atoms with Crippen LogP contribution in [0.25, 0.3) is 5.69 Å². The third kappa shape index (κ3) is 5.10. The van der Waals surface area contributed by atoms with E-state index in [-0.39, 0.29) is 27.0 Å². The Bertz CT molecular complexity index is 1480. The molecule has 192 valence electrons. The number of sulfonamides is 1. The second-order valence-electron chi connectivity index (χ2n) is 9.27. The first-order chi connectivity index (χ1) is 16.7. The molecule has 0 saturated carbocycles. The lowest BCUT2D eigenvalue weighted by Gasteiger charge is -2.19. The number of ketones is 1. The minimum atomic E-state index is -4.28. The molecule has 0 N–H and O–H groups in total. The summed E-state index contributed by atoms with van der Waals surface area (Å²) in [5.41, 5.74) is -0.495. The van der Waals surface area contributed by atoms with Gasteiger partial charge in [0, 0.05) is 19.5 Å². The van der Waals surface area contributed by atoms with Gasteiger partial charge < -0.3 is 4.74 Å². The molecule has 1 heterocycles. The van der Waals surface area contributed by atoms with Crippen LogP contribution in [-0.4, -0.2) is 43.2 Å². The summed E-state index contributed by atoms with van der Waals surface area (Å²) in [6, 6.07) is 12.4. The van der Waals surface area contributed by atoms with Crippen LogP contribution in [0.4, 0.5) is 5.69 Å². The molecule has 0 spiro atoms. The van der Waals surface area contributed by atoms with Crippen LogP contribution in [0.15, 0.2) is 58.2 Å². The Labute approximate surface area is 214 Å². The summed E-state index contributed by atoms with van der Waals surface area (Å²) in [6.07, 6.45) is 0. The van der Waals surface area contributed by atoms with E-state index in [4.69, 9.17) is 16.3 Å². The summed E-state index contributed by atoms with van der Waals surface area (Å²) in [5, 5.41) is -0.0351. The van der Waals surface area contributed by atoms with Gasteiger partial charge in [0.2, 0.25) is 0 Å². The lowest BCUT2D eigenvalue weighted by Crippen LogP contribution is -2.32. The minimum Gasteiger partial charge on any atom is -0.454 e. The van der Waals surface area contributed by atoms with Crippen molar-refractivity contribution in [2.45, 2.75) is 32.6 Å². The molecule has 0 unspecified atom stereocenters. The summed E-state index contributed by atoms with van der Waals surface area (Å²) in [5.74, 6) is -1.23. The highest BCUT2D eigenvalue weighted by Crippen LogP contribution is 2.27. The van der Waals surface area contributed by atoms with Crippen molar-refractivity contribution in [2.75, 3.05) is 18.0 Å². The molecule has 0 aliphatic carbocycles. The number of hydrogen-bond donors (Lipinski definition) is 0. The maximum atomic E-state index is 13.5. The Morgan fingerprint density at radius 3 is 2.28 bits per heavy atom. The number of ether oxygens (including phenoxy) is 1. The molecule has 0 aliphatic rings. The average molecular weight is 534 g/mol. The number of carbonyl (C=O) groups excluding carboxylic acids is 2. The third-order valence-electron chi connectivity index (χ3n) is 5.83. The summed E-state index contributed by atoms with van der Waals surface area (Å²) >= 11 is 6.13. The number of Topliss-reactive ketones (excluding diaryl/α,β-unsaturated/α-hetero) is 1. The summed E-state index contributed by atoms with van der Waals surface area (Å²) < 4.78 is 35.9. The van der Waals surface area contributed by atoms with E-state index >= 15 is 0 Å². The van der Waals surface area contributed by atoms with Crippen molar-refractivity contribution in [3.63, 3.8) is 0 Å². The monoisotopic (exact) mass is 533 g/mol. The molecule has 0 atom stereocenters. The minimum absolute atomic E-state index is 0.0351. The lowest BCUT2D eigenvalue weighted by atomic mass is 9.91. The Kier molecular flexibility index (Phi) is 7.52. The van der Waals surface area contributed by atoms with E-state index < -0.39 is 33.6 Å². The van der Waals surface area contributed by atoms with Crippen molar-refractivity contribution < 1.29 is 22.7 Å². The van der Waals surface area contributed by atoms with Gasteiger partial charge in [-0.15, -0.1) is 0 Å². The van der Waals surface area contributed by atoms with Crippen LogP contribution in [0.2, 0.25) is 5.02 Å². The van der Waals surface area contributed by atoms with Gasteiger partial charge in [-0.05, 0) is 37.3 Å². The van der Waals surface area contributed by atoms with Crippen LogP contribution >= 0.6 is 11.6 Å². The van der Waals surface area contributed by atoms with Gasteiger partial charge in [0.25, 0.3) is 15.6 Å². The first kappa shape index (κ1) is 27.2. The molecular weight excluding hydrogens is 506 g/mol. The lowest BCUT2D eigenvalue weighted by molar-refractivity contribution is -0.129. The van der Waals surface area contributed by atoms with E-state index in [1.165, 1.54) is 23.9 Å². The molecule has 0 saturated heterocycles. The van der Waals surface area contributed by atoms with Crippen molar-refractivity contribution in [2.24, 2.45) is 12.5 Å². The van der Waals surface area contributed by atoms with E-state index in [0.29, 0.717) is 11.4 Å². The number of hydrogen-bond acceptors (Lipinski definition) is 6. The molecule has 1 aromatic heterocycles. The van der Waals surface area contributed by atoms with Crippen LogP contribution < -0.4 is 9.86 Å². The number of benzene rings is 2. The summed E-state index contributed by atoms with van der Waals surface area (Å²) in [7, 11) is -1.35. The molecular formula is C25H28ClN3O6S. The molecule has 9 nitrogen and oxygen atoms in total. The largest absolute Gasteiger partial charge is 0.454 e. The topological polar surface area (TPSA) is 108 Å². The quantitative estimate of drug-likeness (QED) is 0.428. The van der Waals surface area contributed by atoms with Crippen molar-refractivity contribution in [3.05, 3.63) is 75.2 Å². The molecule has 0 radical (unpaired) electrons. The van der Waals surface area contributed by atoms with E-state index in [0.717, 1.165) is 10.4 Å². The Balaban J connectivity index is 1.99. The Morgan fingerprint density at radius 2 is 1.69 bits per heavy atom. The van der Waals surface area contributed by atoms with Gasteiger partial charge in [0.05, 0.1) is 26.9 Å². The number of halogens is 1. The molecule has 3 aromatic rings. The first-order valence-electron chi connectivity index (χ1n) is 11.0. The van der Waals surface area contributed by atoms with Gasteiger partial charge in [-0.1, -0.05) is 50.6 Å². The molecule has 0 amide bonds. The highest BCUT2D eigenvalue weighted by molar-refractivity contribution is 7.92. The van der Waals surface area contributed by atoms with Gasteiger partial charge in [0.15, 0.2) is 12.4 Å². The average Bonchev–Trinajstić information content (AvgIpc) is 3.04. The van der Waals surface area contributed by atoms with Crippen LogP contribution in [0.3, 0.4) is 0 Å². The molecule has 0 bridgehead atoms. The van der Waals surface area contributed by atoms with Gasteiger partial charge >= 0.3 is 5.97 Å². The molecule has 0 aliphatic heterocycles. The molecule has 11 heteroatoms.